The van der Waals surface area contributed by atoms with Crippen LogP contribution in [-0.2, 0) is 20.9 Å². The quantitative estimate of drug-likeness (QED) is 0.694. The lowest BCUT2D eigenvalue weighted by Gasteiger charge is -2.11. The molecule has 27 heavy (non-hydrogen) atoms. The van der Waals surface area contributed by atoms with Crippen molar-refractivity contribution in [2.75, 3.05) is 11.9 Å². The third-order valence-corrected chi connectivity index (χ3v) is 4.41. The minimum absolute atomic E-state index is 0.0417. The molecule has 0 spiro atoms. The normalized spacial score (nSPS) is 16.4. The maximum atomic E-state index is 12.3. The van der Waals surface area contributed by atoms with Crippen LogP contribution in [0.5, 0.6) is 0 Å². The fourth-order valence-electron chi connectivity index (χ4n) is 3.06. The van der Waals surface area contributed by atoms with Gasteiger partial charge in [0.05, 0.1) is 5.56 Å². The molecule has 1 fully saturated rings. The van der Waals surface area contributed by atoms with Crippen LogP contribution in [0.3, 0.4) is 0 Å². The lowest BCUT2D eigenvalue weighted by molar-refractivity contribution is -0.124. The summed E-state index contributed by atoms with van der Waals surface area (Å²) in [6, 6.07) is 16.1. The predicted molar refractivity (Wildman–Crippen MR) is 99.4 cm³/mol. The fourth-order valence-corrected chi connectivity index (χ4v) is 3.06. The molecule has 6 heteroatoms. The van der Waals surface area contributed by atoms with Gasteiger partial charge in [-0.15, -0.1) is 0 Å². The van der Waals surface area contributed by atoms with Crippen molar-refractivity contribution in [2.45, 2.75) is 25.6 Å². The smallest absolute Gasteiger partial charge is 0.338 e. The van der Waals surface area contributed by atoms with E-state index in [-0.39, 0.29) is 12.5 Å². The van der Waals surface area contributed by atoms with E-state index in [4.69, 9.17) is 13.9 Å². The molecule has 1 N–H and O–H groups in total. The highest BCUT2D eigenvalue weighted by Gasteiger charge is 2.23. The van der Waals surface area contributed by atoms with Crippen LogP contribution in [0, 0.1) is 0 Å². The molecular formula is C21H19NO5. The van der Waals surface area contributed by atoms with Crippen molar-refractivity contribution in [1.29, 1.82) is 0 Å². The van der Waals surface area contributed by atoms with Crippen LogP contribution < -0.4 is 5.32 Å². The SMILES string of the molecule is O=C(OCc1cc2ccccc2o1)c1cccc(NC(=O)C2CCCO2)c1. The van der Waals surface area contributed by atoms with E-state index >= 15 is 0 Å². The predicted octanol–water partition coefficient (Wildman–Crippen LogP) is 3.91. The zero-order valence-corrected chi connectivity index (χ0v) is 14.6. The van der Waals surface area contributed by atoms with Gasteiger partial charge in [-0.2, -0.15) is 0 Å². The van der Waals surface area contributed by atoms with Gasteiger partial charge < -0.3 is 19.2 Å². The van der Waals surface area contributed by atoms with Gasteiger partial charge in [0.25, 0.3) is 5.91 Å². The fraction of sp³-hybridized carbons (Fsp3) is 0.238. The lowest BCUT2D eigenvalue weighted by Crippen LogP contribution is -2.26. The van der Waals surface area contributed by atoms with E-state index in [1.54, 1.807) is 24.3 Å². The summed E-state index contributed by atoms with van der Waals surface area (Å²) in [7, 11) is 0. The molecule has 1 aromatic heterocycles. The Kier molecular flexibility index (Phi) is 4.89. The summed E-state index contributed by atoms with van der Waals surface area (Å²) in [5.74, 6) is -0.101. The highest BCUT2D eigenvalue weighted by Crippen LogP contribution is 2.20. The van der Waals surface area contributed by atoms with E-state index < -0.39 is 12.1 Å². The maximum Gasteiger partial charge on any atom is 0.338 e. The number of nitrogens with one attached hydrogen (secondary N) is 1. The van der Waals surface area contributed by atoms with Crippen molar-refractivity contribution >= 4 is 28.5 Å². The number of para-hydroxylation sites is 1. The molecular weight excluding hydrogens is 346 g/mol. The van der Waals surface area contributed by atoms with Crippen molar-refractivity contribution in [2.24, 2.45) is 0 Å². The van der Waals surface area contributed by atoms with E-state index in [0.717, 1.165) is 17.4 Å². The molecule has 1 atom stereocenters. The molecule has 0 radical (unpaired) electrons. The summed E-state index contributed by atoms with van der Waals surface area (Å²) in [5, 5.41) is 3.74. The van der Waals surface area contributed by atoms with Gasteiger partial charge >= 0.3 is 5.97 Å². The number of hydrogen-bond donors (Lipinski definition) is 1. The second kappa shape index (κ2) is 7.63. The molecule has 0 bridgehead atoms. The summed E-state index contributed by atoms with van der Waals surface area (Å²) >= 11 is 0. The number of furan rings is 1. The summed E-state index contributed by atoms with van der Waals surface area (Å²) < 4.78 is 16.3. The number of esters is 1. The zero-order chi connectivity index (χ0) is 18.6. The Morgan fingerprint density at radius 2 is 2.00 bits per heavy atom. The molecule has 1 amide bonds. The Morgan fingerprint density at radius 3 is 2.81 bits per heavy atom. The van der Waals surface area contributed by atoms with Crippen molar-refractivity contribution in [1.82, 2.24) is 0 Å². The summed E-state index contributed by atoms with van der Waals surface area (Å²) in [5.41, 5.74) is 1.65. The van der Waals surface area contributed by atoms with Crippen LogP contribution >= 0.6 is 0 Å². The monoisotopic (exact) mass is 365 g/mol. The minimum Gasteiger partial charge on any atom is -0.457 e. The first-order valence-corrected chi connectivity index (χ1v) is 8.86. The van der Waals surface area contributed by atoms with Crippen molar-refractivity contribution in [3.05, 3.63) is 65.9 Å². The van der Waals surface area contributed by atoms with Crippen molar-refractivity contribution in [3.63, 3.8) is 0 Å². The van der Waals surface area contributed by atoms with E-state index in [1.807, 2.05) is 30.3 Å². The number of carbonyl (C=O) groups is 2. The first-order chi connectivity index (χ1) is 13.2. The van der Waals surface area contributed by atoms with Gasteiger partial charge in [0, 0.05) is 17.7 Å². The first-order valence-electron chi connectivity index (χ1n) is 8.86. The average Bonchev–Trinajstić information content (AvgIpc) is 3.35. The minimum atomic E-state index is -0.483. The largest absolute Gasteiger partial charge is 0.457 e. The molecule has 2 heterocycles. The molecule has 2 aromatic carbocycles. The second-order valence-corrected chi connectivity index (χ2v) is 6.40. The molecule has 1 unspecified atom stereocenters. The molecule has 138 valence electrons. The van der Waals surface area contributed by atoms with Gasteiger partial charge in [-0.1, -0.05) is 24.3 Å². The number of anilines is 1. The summed E-state index contributed by atoms with van der Waals surface area (Å²) in [6.07, 6.45) is 1.17. The Morgan fingerprint density at radius 1 is 1.11 bits per heavy atom. The van der Waals surface area contributed by atoms with Crippen molar-refractivity contribution < 1.29 is 23.5 Å². The van der Waals surface area contributed by atoms with Crippen LogP contribution in [0.25, 0.3) is 11.0 Å². The zero-order valence-electron chi connectivity index (χ0n) is 14.6. The number of rotatable bonds is 5. The highest BCUT2D eigenvalue weighted by molar-refractivity contribution is 5.96. The average molecular weight is 365 g/mol. The topological polar surface area (TPSA) is 77.8 Å². The summed E-state index contributed by atoms with van der Waals surface area (Å²) in [4.78, 5) is 24.5. The molecule has 1 saturated heterocycles. The number of amides is 1. The number of fused-ring (bicyclic) bond motifs is 1. The van der Waals surface area contributed by atoms with E-state index in [2.05, 4.69) is 5.32 Å². The van der Waals surface area contributed by atoms with Crippen LogP contribution in [0.1, 0.15) is 29.0 Å². The standard InChI is InChI=1S/C21H19NO5/c23-20(19-9-4-10-25-19)22-16-7-3-6-15(11-16)21(24)26-13-17-12-14-5-1-2-8-18(14)27-17/h1-3,5-8,11-12,19H,4,9-10,13H2,(H,22,23). The lowest BCUT2D eigenvalue weighted by atomic mass is 10.2. The van der Waals surface area contributed by atoms with Gasteiger partial charge in [0.1, 0.15) is 24.1 Å². The van der Waals surface area contributed by atoms with E-state index in [9.17, 15) is 9.59 Å². The van der Waals surface area contributed by atoms with Crippen LogP contribution in [0.15, 0.2) is 59.0 Å². The molecule has 0 aliphatic carbocycles. The third-order valence-electron chi connectivity index (χ3n) is 4.41. The first kappa shape index (κ1) is 17.3. The van der Waals surface area contributed by atoms with Gasteiger partial charge in [0.2, 0.25) is 0 Å². The van der Waals surface area contributed by atoms with Gasteiger partial charge in [-0.05, 0) is 43.2 Å². The van der Waals surface area contributed by atoms with Crippen LogP contribution in [0.2, 0.25) is 0 Å². The molecule has 1 aliphatic rings. The van der Waals surface area contributed by atoms with E-state index in [0.29, 0.717) is 30.0 Å². The molecule has 0 saturated carbocycles. The van der Waals surface area contributed by atoms with Crippen LogP contribution in [0.4, 0.5) is 5.69 Å². The Hall–Kier alpha value is -3.12. The van der Waals surface area contributed by atoms with Crippen LogP contribution in [-0.4, -0.2) is 24.6 Å². The highest BCUT2D eigenvalue weighted by atomic mass is 16.5. The second-order valence-electron chi connectivity index (χ2n) is 6.40. The molecule has 6 nitrogen and oxygen atoms in total. The Bertz CT molecular complexity index is 938. The van der Waals surface area contributed by atoms with Gasteiger partial charge in [-0.25, -0.2) is 4.79 Å². The number of ether oxygens (including phenoxy) is 2. The number of benzene rings is 2. The maximum absolute atomic E-state index is 12.3. The number of hydrogen-bond acceptors (Lipinski definition) is 5. The third kappa shape index (κ3) is 4.01. The van der Waals surface area contributed by atoms with E-state index in [1.165, 1.54) is 0 Å². The Balaban J connectivity index is 1.38. The molecule has 3 aromatic rings. The molecule has 1 aliphatic heterocycles. The van der Waals surface area contributed by atoms with Gasteiger partial charge in [-0.3, -0.25) is 4.79 Å². The molecule has 4 rings (SSSR count). The van der Waals surface area contributed by atoms with Crippen molar-refractivity contribution in [3.8, 4) is 0 Å². The number of carbonyl (C=O) groups excluding carboxylic acids is 2. The Labute approximate surface area is 156 Å². The summed E-state index contributed by atoms with van der Waals surface area (Å²) in [6.45, 7) is 0.645. The van der Waals surface area contributed by atoms with Gasteiger partial charge in [0.15, 0.2) is 0 Å².